The van der Waals surface area contributed by atoms with Crippen molar-refractivity contribution < 1.29 is 4.74 Å². The Kier molecular flexibility index (Phi) is 3.92. The van der Waals surface area contributed by atoms with E-state index in [9.17, 15) is 0 Å². The van der Waals surface area contributed by atoms with Crippen molar-refractivity contribution in [1.29, 1.82) is 0 Å². The first-order valence-corrected chi connectivity index (χ1v) is 8.50. The molecule has 2 aromatic carbocycles. The Hall–Kier alpha value is -2.44. The van der Waals surface area contributed by atoms with Crippen molar-refractivity contribution in [1.82, 2.24) is 14.9 Å². The van der Waals surface area contributed by atoms with Gasteiger partial charge in [-0.1, -0.05) is 35.5 Å². The van der Waals surface area contributed by atoms with Crippen molar-refractivity contribution in [2.24, 2.45) is 0 Å². The second-order valence-corrected chi connectivity index (χ2v) is 6.41. The maximum Gasteiger partial charge on any atom is 0.214 e. The molecule has 120 valence electrons. The first kappa shape index (κ1) is 15.1. The zero-order valence-electron chi connectivity index (χ0n) is 12.7. The van der Waals surface area contributed by atoms with Gasteiger partial charge in [-0.15, -0.1) is 10.2 Å². The molecule has 1 aromatic heterocycles. The molecule has 7 heteroatoms. The number of ether oxygens (including phenoxy) is 1. The molecular formula is C17H13ClN4OS. The van der Waals surface area contributed by atoms with Crippen LogP contribution in [0.1, 0.15) is 5.56 Å². The minimum atomic E-state index is 0.715. The molecule has 0 fully saturated rings. The minimum Gasteiger partial charge on any atom is -0.497 e. The van der Waals surface area contributed by atoms with Crippen LogP contribution in [0.15, 0.2) is 59.1 Å². The fraction of sp³-hybridized carbons (Fsp3) is 0.0588. The number of rotatable bonds is 3. The van der Waals surface area contributed by atoms with E-state index in [4.69, 9.17) is 16.3 Å². The van der Waals surface area contributed by atoms with E-state index >= 15 is 0 Å². The van der Waals surface area contributed by atoms with E-state index in [1.165, 1.54) is 11.8 Å². The van der Waals surface area contributed by atoms with Gasteiger partial charge in [0.1, 0.15) is 5.75 Å². The molecular weight excluding hydrogens is 344 g/mol. The summed E-state index contributed by atoms with van der Waals surface area (Å²) >= 11 is 7.49. The summed E-state index contributed by atoms with van der Waals surface area (Å²) < 4.78 is 7.09. The maximum absolute atomic E-state index is 5.96. The topological polar surface area (TPSA) is 52.0 Å². The highest BCUT2D eigenvalue weighted by Gasteiger charge is 2.19. The molecule has 4 rings (SSSR count). The smallest absolute Gasteiger partial charge is 0.214 e. The average molecular weight is 357 g/mol. The predicted octanol–water partition coefficient (Wildman–Crippen LogP) is 4.25. The van der Waals surface area contributed by atoms with Crippen LogP contribution in [0, 0.1) is 0 Å². The Balaban J connectivity index is 1.67. The summed E-state index contributed by atoms with van der Waals surface area (Å²) in [6.07, 6.45) is 0. The van der Waals surface area contributed by atoms with Crippen LogP contribution < -0.4 is 10.2 Å². The number of halogens is 1. The van der Waals surface area contributed by atoms with Gasteiger partial charge in [0.05, 0.1) is 12.8 Å². The molecule has 1 aliphatic heterocycles. The Morgan fingerprint density at radius 2 is 1.71 bits per heavy atom. The number of hydrogen-bond donors (Lipinski definition) is 1. The Labute approximate surface area is 148 Å². The van der Waals surface area contributed by atoms with Gasteiger partial charge in [-0.2, -0.15) is 0 Å². The van der Waals surface area contributed by atoms with E-state index in [-0.39, 0.29) is 0 Å². The SMILES string of the molecule is COc1ccc(-c2nnc3n2NC(c2ccc(Cl)cc2)=CS3)cc1. The summed E-state index contributed by atoms with van der Waals surface area (Å²) in [5, 5.41) is 12.1. The van der Waals surface area contributed by atoms with Crippen LogP contribution in [-0.2, 0) is 0 Å². The largest absolute Gasteiger partial charge is 0.497 e. The lowest BCUT2D eigenvalue weighted by molar-refractivity contribution is 0.415. The lowest BCUT2D eigenvalue weighted by Crippen LogP contribution is -2.18. The molecule has 2 heterocycles. The lowest BCUT2D eigenvalue weighted by atomic mass is 10.2. The first-order valence-electron chi connectivity index (χ1n) is 7.24. The average Bonchev–Trinajstić information content (AvgIpc) is 3.05. The van der Waals surface area contributed by atoms with Crippen LogP contribution in [0.2, 0.25) is 5.02 Å². The van der Waals surface area contributed by atoms with Gasteiger partial charge in [0.15, 0.2) is 5.82 Å². The molecule has 5 nitrogen and oxygen atoms in total. The number of methoxy groups -OCH3 is 1. The molecule has 1 aliphatic rings. The van der Waals surface area contributed by atoms with Gasteiger partial charge in [0.2, 0.25) is 5.16 Å². The number of nitrogens with zero attached hydrogens (tertiary/aromatic N) is 3. The standard InChI is InChI=1S/C17H13ClN4OS/c1-23-14-8-4-12(5-9-14)16-19-20-17-22(16)21-15(10-24-17)11-2-6-13(18)7-3-11/h2-10,21H,1H3. The fourth-order valence-electron chi connectivity index (χ4n) is 2.39. The molecule has 1 N–H and O–H groups in total. The molecule has 0 atom stereocenters. The Bertz CT molecular complexity index is 903. The van der Waals surface area contributed by atoms with E-state index in [0.717, 1.165) is 33.6 Å². The molecule has 0 unspecified atom stereocenters. The number of fused-ring (bicyclic) bond motifs is 1. The minimum absolute atomic E-state index is 0.715. The van der Waals surface area contributed by atoms with Crippen LogP contribution in [0.4, 0.5) is 0 Å². The van der Waals surface area contributed by atoms with E-state index < -0.39 is 0 Å². The van der Waals surface area contributed by atoms with Crippen molar-refractivity contribution in [3.8, 4) is 17.1 Å². The summed E-state index contributed by atoms with van der Waals surface area (Å²) in [6, 6.07) is 15.4. The number of nitrogens with one attached hydrogen (secondary N) is 1. The van der Waals surface area contributed by atoms with Crippen molar-refractivity contribution in [2.45, 2.75) is 5.16 Å². The van der Waals surface area contributed by atoms with Gasteiger partial charge in [-0.3, -0.25) is 5.43 Å². The normalized spacial score (nSPS) is 13.0. The molecule has 0 aliphatic carbocycles. The first-order chi connectivity index (χ1) is 11.7. The highest BCUT2D eigenvalue weighted by Crippen LogP contribution is 2.32. The molecule has 0 saturated heterocycles. The van der Waals surface area contributed by atoms with E-state index in [0.29, 0.717) is 5.02 Å². The van der Waals surface area contributed by atoms with E-state index in [1.54, 1.807) is 7.11 Å². The van der Waals surface area contributed by atoms with Crippen LogP contribution in [0.25, 0.3) is 17.1 Å². The molecule has 0 amide bonds. The summed E-state index contributed by atoms with van der Waals surface area (Å²) in [5.74, 6) is 1.56. The maximum atomic E-state index is 5.96. The fourth-order valence-corrected chi connectivity index (χ4v) is 3.26. The van der Waals surface area contributed by atoms with Gasteiger partial charge in [-0.25, -0.2) is 4.68 Å². The lowest BCUT2D eigenvalue weighted by Gasteiger charge is -2.19. The summed E-state index contributed by atoms with van der Waals surface area (Å²) in [6.45, 7) is 0. The molecule has 3 aromatic rings. The zero-order valence-corrected chi connectivity index (χ0v) is 14.3. The number of benzene rings is 2. The Morgan fingerprint density at radius 1 is 1.00 bits per heavy atom. The van der Waals surface area contributed by atoms with Crippen molar-refractivity contribution in [3.63, 3.8) is 0 Å². The van der Waals surface area contributed by atoms with Gasteiger partial charge in [0.25, 0.3) is 0 Å². The molecule has 0 saturated carbocycles. The number of thioether (sulfide) groups is 1. The van der Waals surface area contributed by atoms with Gasteiger partial charge >= 0.3 is 0 Å². The third kappa shape index (κ3) is 2.74. The number of hydrogen-bond acceptors (Lipinski definition) is 5. The second-order valence-electron chi connectivity index (χ2n) is 5.14. The highest BCUT2D eigenvalue weighted by molar-refractivity contribution is 8.02. The van der Waals surface area contributed by atoms with Crippen LogP contribution in [0.3, 0.4) is 0 Å². The van der Waals surface area contributed by atoms with Crippen molar-refractivity contribution in [3.05, 3.63) is 64.5 Å². The van der Waals surface area contributed by atoms with Crippen molar-refractivity contribution in [2.75, 3.05) is 12.5 Å². The van der Waals surface area contributed by atoms with Crippen LogP contribution >= 0.6 is 23.4 Å². The summed E-state index contributed by atoms with van der Waals surface area (Å²) in [5.41, 5.74) is 6.34. The third-order valence-electron chi connectivity index (χ3n) is 3.65. The molecule has 24 heavy (non-hydrogen) atoms. The molecule has 0 radical (unpaired) electrons. The van der Waals surface area contributed by atoms with Crippen LogP contribution in [0.5, 0.6) is 5.75 Å². The van der Waals surface area contributed by atoms with Gasteiger partial charge < -0.3 is 4.74 Å². The molecule has 0 spiro atoms. The monoisotopic (exact) mass is 356 g/mol. The number of aromatic nitrogens is 3. The molecule has 0 bridgehead atoms. The van der Waals surface area contributed by atoms with E-state index in [2.05, 4.69) is 15.6 Å². The highest BCUT2D eigenvalue weighted by atomic mass is 35.5. The van der Waals surface area contributed by atoms with Crippen molar-refractivity contribution >= 4 is 29.1 Å². The van der Waals surface area contributed by atoms with Crippen LogP contribution in [-0.4, -0.2) is 22.0 Å². The Morgan fingerprint density at radius 3 is 2.42 bits per heavy atom. The van der Waals surface area contributed by atoms with Gasteiger partial charge in [0, 0.05) is 21.6 Å². The van der Waals surface area contributed by atoms with E-state index in [1.807, 2.05) is 58.6 Å². The third-order valence-corrected chi connectivity index (χ3v) is 4.73. The summed E-state index contributed by atoms with van der Waals surface area (Å²) in [4.78, 5) is 0. The predicted molar refractivity (Wildman–Crippen MR) is 96.7 cm³/mol. The van der Waals surface area contributed by atoms with Gasteiger partial charge in [-0.05, 0) is 36.4 Å². The summed E-state index contributed by atoms with van der Waals surface area (Å²) in [7, 11) is 1.65. The zero-order chi connectivity index (χ0) is 16.5. The second kappa shape index (κ2) is 6.22. The quantitative estimate of drug-likeness (QED) is 0.760.